The SMILES string of the molecule is Cc1c(N)cccc1NC(=O)CN(C)CCOCC1CC1. The fraction of sp³-hybridized carbons (Fsp3) is 0.562. The summed E-state index contributed by atoms with van der Waals surface area (Å²) in [6, 6.07) is 5.53. The lowest BCUT2D eigenvalue weighted by Crippen LogP contribution is -2.32. The average Bonchev–Trinajstić information content (AvgIpc) is 3.24. The van der Waals surface area contributed by atoms with Crippen molar-refractivity contribution in [1.29, 1.82) is 0 Å². The Morgan fingerprint density at radius 2 is 2.24 bits per heavy atom. The maximum absolute atomic E-state index is 12.0. The van der Waals surface area contributed by atoms with Crippen LogP contribution in [0.2, 0.25) is 0 Å². The number of nitrogens with zero attached hydrogens (tertiary/aromatic N) is 1. The highest BCUT2D eigenvalue weighted by Gasteiger charge is 2.21. The quantitative estimate of drug-likeness (QED) is 0.567. The number of amides is 1. The van der Waals surface area contributed by atoms with Gasteiger partial charge in [0.1, 0.15) is 0 Å². The van der Waals surface area contributed by atoms with Crippen molar-refractivity contribution >= 4 is 17.3 Å². The summed E-state index contributed by atoms with van der Waals surface area (Å²) in [5.74, 6) is 0.749. The third-order valence-corrected chi connectivity index (χ3v) is 3.73. The zero-order valence-corrected chi connectivity index (χ0v) is 12.9. The molecule has 0 unspecified atom stereocenters. The highest BCUT2D eigenvalue weighted by atomic mass is 16.5. The van der Waals surface area contributed by atoms with E-state index < -0.39 is 0 Å². The van der Waals surface area contributed by atoms with Crippen LogP contribution in [0.4, 0.5) is 11.4 Å². The summed E-state index contributed by atoms with van der Waals surface area (Å²) in [6.45, 7) is 4.55. The third kappa shape index (κ3) is 5.36. The minimum Gasteiger partial charge on any atom is -0.398 e. The molecule has 21 heavy (non-hydrogen) atoms. The van der Waals surface area contributed by atoms with Crippen LogP contribution in [0.25, 0.3) is 0 Å². The number of carbonyl (C=O) groups is 1. The van der Waals surface area contributed by atoms with Gasteiger partial charge in [-0.15, -0.1) is 0 Å². The second-order valence-electron chi connectivity index (χ2n) is 5.82. The van der Waals surface area contributed by atoms with Crippen LogP contribution in [-0.4, -0.2) is 44.2 Å². The molecule has 1 aromatic rings. The molecule has 0 saturated heterocycles. The predicted octanol–water partition coefficient (Wildman–Crippen LogP) is 1.87. The highest BCUT2D eigenvalue weighted by Crippen LogP contribution is 2.28. The topological polar surface area (TPSA) is 67.6 Å². The Kier molecular flexibility index (Phi) is 5.59. The predicted molar refractivity (Wildman–Crippen MR) is 85.3 cm³/mol. The van der Waals surface area contributed by atoms with Crippen molar-refractivity contribution in [2.24, 2.45) is 5.92 Å². The summed E-state index contributed by atoms with van der Waals surface area (Å²) in [5.41, 5.74) is 8.20. The van der Waals surface area contributed by atoms with Crippen molar-refractivity contribution in [1.82, 2.24) is 4.90 Å². The van der Waals surface area contributed by atoms with Gasteiger partial charge in [0.2, 0.25) is 5.91 Å². The van der Waals surface area contributed by atoms with Gasteiger partial charge in [0.25, 0.3) is 0 Å². The lowest BCUT2D eigenvalue weighted by Gasteiger charge is -2.17. The Labute approximate surface area is 126 Å². The molecule has 1 aliphatic rings. The van der Waals surface area contributed by atoms with Crippen molar-refractivity contribution in [2.75, 3.05) is 44.4 Å². The summed E-state index contributed by atoms with van der Waals surface area (Å²) in [6.07, 6.45) is 2.61. The van der Waals surface area contributed by atoms with Gasteiger partial charge in [-0.3, -0.25) is 9.69 Å². The lowest BCUT2D eigenvalue weighted by molar-refractivity contribution is -0.117. The van der Waals surface area contributed by atoms with E-state index in [0.717, 1.165) is 30.3 Å². The Morgan fingerprint density at radius 3 is 2.95 bits per heavy atom. The summed E-state index contributed by atoms with van der Waals surface area (Å²) >= 11 is 0. The summed E-state index contributed by atoms with van der Waals surface area (Å²) in [5, 5.41) is 2.90. The first-order chi connectivity index (χ1) is 10.1. The van der Waals surface area contributed by atoms with E-state index in [1.807, 2.05) is 37.1 Å². The standard InChI is InChI=1S/C16H25N3O2/c1-12-14(17)4-3-5-15(12)18-16(20)10-19(2)8-9-21-11-13-6-7-13/h3-5,13H,6-11,17H2,1-2H3,(H,18,20). The Hall–Kier alpha value is -1.59. The van der Waals surface area contributed by atoms with Crippen LogP contribution < -0.4 is 11.1 Å². The second-order valence-corrected chi connectivity index (χ2v) is 5.82. The van der Waals surface area contributed by atoms with Gasteiger partial charge in [-0.25, -0.2) is 0 Å². The smallest absolute Gasteiger partial charge is 0.238 e. The third-order valence-electron chi connectivity index (χ3n) is 3.73. The molecule has 0 spiro atoms. The van der Waals surface area contributed by atoms with Crippen molar-refractivity contribution in [3.63, 3.8) is 0 Å². The van der Waals surface area contributed by atoms with Crippen LogP contribution in [0.15, 0.2) is 18.2 Å². The molecule has 1 saturated carbocycles. The van der Waals surface area contributed by atoms with E-state index in [4.69, 9.17) is 10.5 Å². The molecule has 1 aromatic carbocycles. The first kappa shape index (κ1) is 15.8. The van der Waals surface area contributed by atoms with Crippen LogP contribution in [0.1, 0.15) is 18.4 Å². The fourth-order valence-corrected chi connectivity index (χ4v) is 2.06. The Balaban J connectivity index is 1.68. The van der Waals surface area contributed by atoms with E-state index in [1.165, 1.54) is 12.8 Å². The number of nitrogens with two attached hydrogens (primary N) is 1. The van der Waals surface area contributed by atoms with Gasteiger partial charge in [0.15, 0.2) is 0 Å². The number of ether oxygens (including phenoxy) is 1. The Morgan fingerprint density at radius 1 is 1.48 bits per heavy atom. The molecule has 5 heteroatoms. The van der Waals surface area contributed by atoms with E-state index in [2.05, 4.69) is 5.32 Å². The van der Waals surface area contributed by atoms with Crippen LogP contribution >= 0.6 is 0 Å². The summed E-state index contributed by atoms with van der Waals surface area (Å²) < 4.78 is 5.57. The molecule has 2 rings (SSSR count). The molecule has 3 N–H and O–H groups in total. The molecular formula is C16H25N3O2. The molecule has 1 fully saturated rings. The Bertz CT molecular complexity index is 486. The van der Waals surface area contributed by atoms with E-state index in [9.17, 15) is 4.79 Å². The number of nitrogens with one attached hydrogen (secondary N) is 1. The summed E-state index contributed by atoms with van der Waals surface area (Å²) in [7, 11) is 1.92. The largest absolute Gasteiger partial charge is 0.398 e. The monoisotopic (exact) mass is 291 g/mol. The second kappa shape index (κ2) is 7.43. The van der Waals surface area contributed by atoms with Gasteiger partial charge in [0.05, 0.1) is 13.2 Å². The van der Waals surface area contributed by atoms with Crippen molar-refractivity contribution < 1.29 is 9.53 Å². The molecule has 0 heterocycles. The molecule has 0 radical (unpaired) electrons. The van der Waals surface area contributed by atoms with Crippen molar-refractivity contribution in [2.45, 2.75) is 19.8 Å². The van der Waals surface area contributed by atoms with Crippen molar-refractivity contribution in [3.8, 4) is 0 Å². The molecule has 116 valence electrons. The molecule has 5 nitrogen and oxygen atoms in total. The maximum Gasteiger partial charge on any atom is 0.238 e. The maximum atomic E-state index is 12.0. The van der Waals surface area contributed by atoms with E-state index in [1.54, 1.807) is 0 Å². The number of likely N-dealkylation sites (N-methyl/N-ethyl adjacent to an activating group) is 1. The zero-order chi connectivity index (χ0) is 15.2. The van der Waals surface area contributed by atoms with Gasteiger partial charge in [-0.1, -0.05) is 6.07 Å². The zero-order valence-electron chi connectivity index (χ0n) is 12.9. The molecule has 0 bridgehead atoms. The number of hydrogen-bond acceptors (Lipinski definition) is 4. The van der Waals surface area contributed by atoms with Crippen LogP contribution in [-0.2, 0) is 9.53 Å². The number of benzene rings is 1. The number of rotatable bonds is 8. The van der Waals surface area contributed by atoms with Crippen LogP contribution in [0.3, 0.4) is 0 Å². The minimum absolute atomic E-state index is 0.0339. The average molecular weight is 291 g/mol. The van der Waals surface area contributed by atoms with Gasteiger partial charge in [-0.05, 0) is 50.4 Å². The molecule has 1 amide bonds. The first-order valence-electron chi connectivity index (χ1n) is 7.47. The highest BCUT2D eigenvalue weighted by molar-refractivity contribution is 5.93. The fourth-order valence-electron chi connectivity index (χ4n) is 2.06. The molecule has 0 atom stereocenters. The molecular weight excluding hydrogens is 266 g/mol. The molecule has 1 aliphatic carbocycles. The summed E-state index contributed by atoms with van der Waals surface area (Å²) in [4.78, 5) is 14.0. The van der Waals surface area contributed by atoms with Gasteiger partial charge in [-0.2, -0.15) is 0 Å². The number of nitrogen functional groups attached to an aromatic ring is 1. The molecule has 0 aromatic heterocycles. The van der Waals surface area contributed by atoms with Crippen molar-refractivity contribution in [3.05, 3.63) is 23.8 Å². The van der Waals surface area contributed by atoms with Crippen LogP contribution in [0, 0.1) is 12.8 Å². The first-order valence-corrected chi connectivity index (χ1v) is 7.47. The van der Waals surface area contributed by atoms with Gasteiger partial charge >= 0.3 is 0 Å². The van der Waals surface area contributed by atoms with Gasteiger partial charge in [0, 0.05) is 24.5 Å². The number of hydrogen-bond donors (Lipinski definition) is 2. The minimum atomic E-state index is -0.0339. The normalized spacial score (nSPS) is 14.4. The van der Waals surface area contributed by atoms with E-state index in [0.29, 0.717) is 18.8 Å². The van der Waals surface area contributed by atoms with Crippen LogP contribution in [0.5, 0.6) is 0 Å². The van der Waals surface area contributed by atoms with E-state index in [-0.39, 0.29) is 5.91 Å². The van der Waals surface area contributed by atoms with Gasteiger partial charge < -0.3 is 15.8 Å². The number of carbonyl (C=O) groups excluding carboxylic acids is 1. The number of anilines is 2. The molecule has 0 aliphatic heterocycles. The van der Waals surface area contributed by atoms with E-state index >= 15 is 0 Å². The lowest BCUT2D eigenvalue weighted by atomic mass is 10.1.